The lowest BCUT2D eigenvalue weighted by molar-refractivity contribution is -0.172. The van der Waals surface area contributed by atoms with Crippen molar-refractivity contribution in [1.82, 2.24) is 4.90 Å². The topological polar surface area (TPSA) is 57.2 Å². The zero-order valence-electron chi connectivity index (χ0n) is 18.6. The third-order valence-corrected chi connectivity index (χ3v) is 6.54. The maximum Gasteiger partial charge on any atom is 0.313 e. The number of likely N-dealkylation sites (N-methyl/N-ethyl adjacent to an activating group) is 1. The molecule has 2 aliphatic rings. The highest BCUT2D eigenvalue weighted by Gasteiger charge is 2.50. The molecule has 6 nitrogen and oxygen atoms in total. The molecule has 1 aliphatic heterocycles. The number of fused-ring (bicyclic) bond motifs is 1. The van der Waals surface area contributed by atoms with Gasteiger partial charge in [0.15, 0.2) is 18.3 Å². The van der Waals surface area contributed by atoms with Crippen LogP contribution in [0.25, 0.3) is 0 Å². The highest BCUT2D eigenvalue weighted by Crippen LogP contribution is 2.50. The first-order valence-electron chi connectivity index (χ1n) is 10.4. The molecule has 0 spiro atoms. The molecule has 29 heavy (non-hydrogen) atoms. The predicted molar refractivity (Wildman–Crippen MR) is 111 cm³/mol. The van der Waals surface area contributed by atoms with Crippen molar-refractivity contribution in [2.45, 2.75) is 64.0 Å². The van der Waals surface area contributed by atoms with Crippen LogP contribution in [0, 0.1) is 5.41 Å². The average molecular weight is 406 g/mol. The van der Waals surface area contributed by atoms with Crippen LogP contribution in [-0.2, 0) is 19.7 Å². The van der Waals surface area contributed by atoms with E-state index in [1.54, 1.807) is 14.2 Å². The van der Waals surface area contributed by atoms with Gasteiger partial charge < -0.3 is 23.8 Å². The Bertz CT molecular complexity index is 728. The third-order valence-electron chi connectivity index (χ3n) is 6.54. The number of ether oxygens (including phenoxy) is 4. The summed E-state index contributed by atoms with van der Waals surface area (Å²) in [7, 11) is 5.54. The van der Waals surface area contributed by atoms with Crippen molar-refractivity contribution < 1.29 is 23.7 Å². The summed E-state index contributed by atoms with van der Waals surface area (Å²) in [6, 6.07) is 6.71. The Hall–Kier alpha value is -1.79. The molecule has 2 fully saturated rings. The maximum atomic E-state index is 12.0. The molecular weight excluding hydrogens is 370 g/mol. The van der Waals surface area contributed by atoms with Gasteiger partial charge in [-0.2, -0.15) is 0 Å². The first kappa shape index (κ1) is 21.9. The van der Waals surface area contributed by atoms with Gasteiger partial charge in [0.1, 0.15) is 0 Å². The standard InChI is InChI=1S/C23H35NO5/c1-22(2,3)21(25)29-15-28-17-9-10-23(11-12-24(4)20(23)14-17)16-7-8-18(26-5)19(13-16)27-6/h7-8,13,17,20H,9-12,14-15H2,1-6H3. The summed E-state index contributed by atoms with van der Waals surface area (Å²) in [5, 5.41) is 0. The van der Waals surface area contributed by atoms with E-state index in [4.69, 9.17) is 18.9 Å². The van der Waals surface area contributed by atoms with E-state index in [0.717, 1.165) is 43.7 Å². The van der Waals surface area contributed by atoms with Gasteiger partial charge in [-0.25, -0.2) is 0 Å². The van der Waals surface area contributed by atoms with Gasteiger partial charge in [0.2, 0.25) is 0 Å². The quantitative estimate of drug-likeness (QED) is 0.531. The van der Waals surface area contributed by atoms with Gasteiger partial charge in [-0.3, -0.25) is 4.79 Å². The highest BCUT2D eigenvalue weighted by molar-refractivity contribution is 5.75. The second kappa shape index (κ2) is 8.52. The normalized spacial score (nSPS) is 27.4. The van der Waals surface area contributed by atoms with Gasteiger partial charge in [-0.05, 0) is 77.7 Å². The van der Waals surface area contributed by atoms with E-state index < -0.39 is 5.41 Å². The number of hydrogen-bond acceptors (Lipinski definition) is 6. The van der Waals surface area contributed by atoms with Gasteiger partial charge in [0.25, 0.3) is 0 Å². The number of likely N-dealkylation sites (tertiary alicyclic amines) is 1. The second-order valence-electron chi connectivity index (χ2n) is 9.34. The molecule has 0 bridgehead atoms. The number of methoxy groups -OCH3 is 2. The van der Waals surface area contributed by atoms with Gasteiger partial charge in [0.05, 0.1) is 25.7 Å². The van der Waals surface area contributed by atoms with Gasteiger partial charge in [0, 0.05) is 11.5 Å². The van der Waals surface area contributed by atoms with Crippen LogP contribution in [0.2, 0.25) is 0 Å². The number of benzene rings is 1. The minimum atomic E-state index is -0.510. The van der Waals surface area contributed by atoms with Crippen molar-refractivity contribution in [1.29, 1.82) is 0 Å². The van der Waals surface area contributed by atoms with Crippen LogP contribution in [0.3, 0.4) is 0 Å². The number of carbonyl (C=O) groups is 1. The largest absolute Gasteiger partial charge is 0.493 e. The first-order valence-corrected chi connectivity index (χ1v) is 10.4. The number of esters is 1. The van der Waals surface area contributed by atoms with Gasteiger partial charge in [-0.1, -0.05) is 6.07 Å². The van der Waals surface area contributed by atoms with Crippen LogP contribution in [-0.4, -0.2) is 57.6 Å². The van der Waals surface area contributed by atoms with Crippen LogP contribution in [0.1, 0.15) is 52.0 Å². The Morgan fingerprint density at radius 2 is 1.90 bits per heavy atom. The molecule has 0 amide bonds. The Kier molecular flexibility index (Phi) is 6.44. The molecule has 3 atom stereocenters. The van der Waals surface area contributed by atoms with Crippen LogP contribution in [0.4, 0.5) is 0 Å². The molecule has 1 saturated heterocycles. The molecule has 1 aromatic rings. The Morgan fingerprint density at radius 3 is 2.55 bits per heavy atom. The number of nitrogens with zero attached hydrogens (tertiary/aromatic N) is 1. The fraction of sp³-hybridized carbons (Fsp3) is 0.696. The van der Waals surface area contributed by atoms with Crippen LogP contribution in [0.15, 0.2) is 18.2 Å². The minimum absolute atomic E-state index is 0.0283. The molecule has 1 saturated carbocycles. The number of hydrogen-bond donors (Lipinski definition) is 0. The molecule has 1 aromatic carbocycles. The molecule has 162 valence electrons. The summed E-state index contributed by atoms with van der Waals surface area (Å²) in [5.74, 6) is 1.30. The lowest BCUT2D eigenvalue weighted by atomic mass is 9.65. The summed E-state index contributed by atoms with van der Waals surface area (Å²) in [6.45, 7) is 6.63. The summed E-state index contributed by atoms with van der Waals surface area (Å²) in [5.41, 5.74) is 0.891. The molecule has 3 rings (SSSR count). The molecule has 1 aliphatic carbocycles. The highest BCUT2D eigenvalue weighted by atomic mass is 16.7. The molecule has 1 heterocycles. The van der Waals surface area contributed by atoms with E-state index in [2.05, 4.69) is 24.1 Å². The zero-order valence-corrected chi connectivity index (χ0v) is 18.6. The SMILES string of the molecule is COc1ccc(C23CCC(OCOC(=O)C(C)(C)C)CC2N(C)CC3)cc1OC. The van der Waals surface area contributed by atoms with E-state index in [-0.39, 0.29) is 24.3 Å². The first-order chi connectivity index (χ1) is 13.7. The van der Waals surface area contributed by atoms with E-state index in [9.17, 15) is 4.79 Å². The van der Waals surface area contributed by atoms with Crippen molar-refractivity contribution in [3.63, 3.8) is 0 Å². The fourth-order valence-corrected chi connectivity index (χ4v) is 4.78. The zero-order chi connectivity index (χ0) is 21.2. The van der Waals surface area contributed by atoms with Crippen LogP contribution in [0.5, 0.6) is 11.5 Å². The monoisotopic (exact) mass is 405 g/mol. The van der Waals surface area contributed by atoms with E-state index >= 15 is 0 Å². The van der Waals surface area contributed by atoms with Crippen molar-refractivity contribution in [3.8, 4) is 11.5 Å². The molecule has 6 heteroatoms. The number of rotatable bonds is 6. The lowest BCUT2D eigenvalue weighted by Gasteiger charge is -2.44. The number of carbonyl (C=O) groups excluding carboxylic acids is 1. The van der Waals surface area contributed by atoms with E-state index in [1.165, 1.54) is 5.56 Å². The molecular formula is C23H35NO5. The van der Waals surface area contributed by atoms with Crippen molar-refractivity contribution in [3.05, 3.63) is 23.8 Å². The molecule has 0 N–H and O–H groups in total. The lowest BCUT2D eigenvalue weighted by Crippen LogP contribution is -2.48. The molecule has 0 aromatic heterocycles. The van der Waals surface area contributed by atoms with Crippen molar-refractivity contribution >= 4 is 5.97 Å². The second-order valence-corrected chi connectivity index (χ2v) is 9.34. The summed E-state index contributed by atoms with van der Waals surface area (Å²) in [4.78, 5) is 14.4. The predicted octanol–water partition coefficient (Wildman–Crippen LogP) is 3.76. The van der Waals surface area contributed by atoms with Crippen LogP contribution < -0.4 is 9.47 Å². The average Bonchev–Trinajstić information content (AvgIpc) is 3.04. The van der Waals surface area contributed by atoms with E-state index in [0.29, 0.717) is 6.04 Å². The fourth-order valence-electron chi connectivity index (χ4n) is 4.78. The van der Waals surface area contributed by atoms with Crippen molar-refractivity contribution in [2.24, 2.45) is 5.41 Å². The van der Waals surface area contributed by atoms with Gasteiger partial charge in [-0.15, -0.1) is 0 Å². The Labute approximate surface area is 174 Å². The molecule has 3 unspecified atom stereocenters. The third kappa shape index (κ3) is 4.38. The Balaban J connectivity index is 1.70. The summed E-state index contributed by atoms with van der Waals surface area (Å²) in [6.07, 6.45) is 4.13. The van der Waals surface area contributed by atoms with Crippen molar-refractivity contribution in [2.75, 3.05) is 34.6 Å². The molecule has 0 radical (unpaired) electrons. The van der Waals surface area contributed by atoms with Gasteiger partial charge >= 0.3 is 5.97 Å². The van der Waals surface area contributed by atoms with E-state index in [1.807, 2.05) is 26.8 Å². The Morgan fingerprint density at radius 1 is 1.17 bits per heavy atom. The maximum absolute atomic E-state index is 12.0. The smallest absolute Gasteiger partial charge is 0.313 e. The van der Waals surface area contributed by atoms with Crippen LogP contribution >= 0.6 is 0 Å². The summed E-state index contributed by atoms with van der Waals surface area (Å²) >= 11 is 0. The summed E-state index contributed by atoms with van der Waals surface area (Å²) < 4.78 is 22.2. The minimum Gasteiger partial charge on any atom is -0.493 e.